The number of nitrogens with one attached hydrogen (secondary N) is 1. The van der Waals surface area contributed by atoms with Gasteiger partial charge in [0.15, 0.2) is 0 Å². The zero-order valence-corrected chi connectivity index (χ0v) is 15.2. The summed E-state index contributed by atoms with van der Waals surface area (Å²) < 4.78 is 5.27. The number of aromatic nitrogens is 1. The summed E-state index contributed by atoms with van der Waals surface area (Å²) in [6.45, 7) is 4.43. The van der Waals surface area contributed by atoms with E-state index in [0.29, 0.717) is 17.8 Å². The number of hydrogen-bond acceptors (Lipinski definition) is 5. The molecular weight excluding hydrogens is 348 g/mol. The average Bonchev–Trinajstić information content (AvgIpc) is 3.34. The van der Waals surface area contributed by atoms with Crippen LogP contribution in [-0.4, -0.2) is 41.0 Å². The van der Waals surface area contributed by atoms with Crippen molar-refractivity contribution in [3.63, 3.8) is 0 Å². The predicted octanol–water partition coefficient (Wildman–Crippen LogP) is 2.32. The second-order valence-corrected chi connectivity index (χ2v) is 6.88. The molecule has 140 valence electrons. The summed E-state index contributed by atoms with van der Waals surface area (Å²) in [5, 5.41) is 6.25. The number of amides is 4. The second-order valence-electron chi connectivity index (χ2n) is 6.88. The molecule has 1 atom stereocenters. The fourth-order valence-electron chi connectivity index (χ4n) is 3.88. The van der Waals surface area contributed by atoms with E-state index in [1.165, 1.54) is 4.90 Å². The summed E-state index contributed by atoms with van der Waals surface area (Å²) in [5.74, 6) is 0.350. The Hall–Kier alpha value is -3.16. The smallest absolute Gasteiger partial charge is 0.329 e. The highest BCUT2D eigenvalue weighted by Crippen LogP contribution is 2.36. The maximum absolute atomic E-state index is 13.1. The Kier molecular flexibility index (Phi) is 4.18. The number of urea groups is 1. The van der Waals surface area contributed by atoms with E-state index in [4.69, 9.17) is 4.52 Å². The lowest BCUT2D eigenvalue weighted by molar-refractivity contribution is -0.117. The van der Waals surface area contributed by atoms with Crippen LogP contribution in [-0.2, 0) is 4.79 Å². The Morgan fingerprint density at radius 2 is 1.96 bits per heavy atom. The fraction of sp³-hybridized carbons (Fsp3) is 0.368. The average molecular weight is 368 g/mol. The van der Waals surface area contributed by atoms with Crippen molar-refractivity contribution >= 4 is 23.5 Å². The van der Waals surface area contributed by atoms with Crippen molar-refractivity contribution in [1.29, 1.82) is 0 Å². The van der Waals surface area contributed by atoms with E-state index in [1.807, 2.05) is 18.7 Å². The third kappa shape index (κ3) is 2.97. The molecule has 8 heteroatoms. The summed E-state index contributed by atoms with van der Waals surface area (Å²) in [6.07, 6.45) is 1.80. The number of carbonyl (C=O) groups is 3. The predicted molar refractivity (Wildman–Crippen MR) is 96.3 cm³/mol. The molecule has 2 fully saturated rings. The van der Waals surface area contributed by atoms with Crippen LogP contribution in [0.1, 0.15) is 46.3 Å². The van der Waals surface area contributed by atoms with Crippen LogP contribution >= 0.6 is 0 Å². The van der Waals surface area contributed by atoms with E-state index in [2.05, 4.69) is 10.5 Å². The molecule has 0 bridgehead atoms. The van der Waals surface area contributed by atoms with E-state index in [0.717, 1.165) is 29.9 Å². The number of aryl methyl sites for hydroxylation is 2. The van der Waals surface area contributed by atoms with Gasteiger partial charge in [0.25, 0.3) is 5.91 Å². The van der Waals surface area contributed by atoms with Crippen LogP contribution in [0.4, 0.5) is 10.5 Å². The van der Waals surface area contributed by atoms with Crippen molar-refractivity contribution in [2.75, 3.05) is 18.0 Å². The second kappa shape index (κ2) is 6.53. The molecule has 0 spiro atoms. The number of rotatable bonds is 3. The number of hydrogen-bond donors (Lipinski definition) is 1. The molecule has 1 unspecified atom stereocenters. The van der Waals surface area contributed by atoms with Gasteiger partial charge in [0.1, 0.15) is 12.3 Å². The molecule has 2 aliphatic heterocycles. The highest BCUT2D eigenvalue weighted by Gasteiger charge is 2.34. The van der Waals surface area contributed by atoms with Gasteiger partial charge in [0, 0.05) is 23.4 Å². The van der Waals surface area contributed by atoms with E-state index in [9.17, 15) is 14.4 Å². The molecule has 1 aromatic heterocycles. The van der Waals surface area contributed by atoms with Gasteiger partial charge < -0.3 is 9.42 Å². The molecule has 2 saturated heterocycles. The minimum absolute atomic E-state index is 0.00757. The van der Waals surface area contributed by atoms with Crippen LogP contribution < -0.4 is 10.2 Å². The first-order valence-electron chi connectivity index (χ1n) is 8.91. The summed E-state index contributed by atoms with van der Waals surface area (Å²) in [7, 11) is 0. The topological polar surface area (TPSA) is 95.8 Å². The van der Waals surface area contributed by atoms with Crippen LogP contribution in [0.3, 0.4) is 0 Å². The Labute approximate surface area is 156 Å². The molecule has 2 aliphatic rings. The van der Waals surface area contributed by atoms with Crippen molar-refractivity contribution in [3.8, 4) is 0 Å². The SMILES string of the molecule is Cc1noc(C)c1C1CCCN1C(=O)c1ccc(N2CC(=O)NC2=O)cc1. The van der Waals surface area contributed by atoms with Gasteiger partial charge in [0.05, 0.1) is 11.7 Å². The van der Waals surface area contributed by atoms with Crippen LogP contribution in [0.15, 0.2) is 28.8 Å². The van der Waals surface area contributed by atoms with Crippen LogP contribution in [0.5, 0.6) is 0 Å². The number of anilines is 1. The van der Waals surface area contributed by atoms with E-state index in [-0.39, 0.29) is 24.4 Å². The van der Waals surface area contributed by atoms with Gasteiger partial charge in [-0.3, -0.25) is 19.8 Å². The summed E-state index contributed by atoms with van der Waals surface area (Å²) >= 11 is 0. The molecule has 0 radical (unpaired) electrons. The van der Waals surface area contributed by atoms with Gasteiger partial charge >= 0.3 is 6.03 Å². The quantitative estimate of drug-likeness (QED) is 0.839. The highest BCUT2D eigenvalue weighted by molar-refractivity contribution is 6.12. The molecule has 8 nitrogen and oxygen atoms in total. The van der Waals surface area contributed by atoms with E-state index in [1.54, 1.807) is 24.3 Å². The van der Waals surface area contributed by atoms with Crippen molar-refractivity contribution in [1.82, 2.24) is 15.4 Å². The van der Waals surface area contributed by atoms with Gasteiger partial charge in [-0.15, -0.1) is 0 Å². The van der Waals surface area contributed by atoms with Crippen LogP contribution in [0.25, 0.3) is 0 Å². The summed E-state index contributed by atoms with van der Waals surface area (Å²) in [6, 6.07) is 6.27. The molecule has 0 aliphatic carbocycles. The molecule has 1 N–H and O–H groups in total. The van der Waals surface area contributed by atoms with Gasteiger partial charge in [-0.2, -0.15) is 0 Å². The molecule has 1 aromatic carbocycles. The number of carbonyl (C=O) groups excluding carboxylic acids is 3. The zero-order valence-electron chi connectivity index (χ0n) is 15.2. The van der Waals surface area contributed by atoms with E-state index < -0.39 is 6.03 Å². The lowest BCUT2D eigenvalue weighted by atomic mass is 10.0. The minimum atomic E-state index is -0.447. The van der Waals surface area contributed by atoms with Crippen LogP contribution in [0.2, 0.25) is 0 Å². The zero-order chi connectivity index (χ0) is 19.1. The van der Waals surface area contributed by atoms with Crippen molar-refractivity contribution in [3.05, 3.63) is 46.8 Å². The number of likely N-dealkylation sites (tertiary alicyclic amines) is 1. The molecular formula is C19H20N4O4. The third-order valence-corrected chi connectivity index (χ3v) is 5.15. The van der Waals surface area contributed by atoms with Gasteiger partial charge in [0.2, 0.25) is 5.91 Å². The number of benzene rings is 1. The summed E-state index contributed by atoms with van der Waals surface area (Å²) in [4.78, 5) is 39.4. The Morgan fingerprint density at radius 1 is 1.22 bits per heavy atom. The summed E-state index contributed by atoms with van der Waals surface area (Å²) in [5.41, 5.74) is 2.93. The maximum Gasteiger partial charge on any atom is 0.329 e. The van der Waals surface area contributed by atoms with Crippen LogP contribution in [0, 0.1) is 13.8 Å². The molecule has 3 heterocycles. The monoisotopic (exact) mass is 368 g/mol. The third-order valence-electron chi connectivity index (χ3n) is 5.15. The standard InChI is InChI=1S/C19H20N4O4/c1-11-17(12(2)27-21-11)15-4-3-9-22(15)18(25)13-5-7-14(8-6-13)23-10-16(24)20-19(23)26/h5-8,15H,3-4,9-10H2,1-2H3,(H,20,24,26). The lowest BCUT2D eigenvalue weighted by Gasteiger charge is -2.25. The van der Waals surface area contributed by atoms with Gasteiger partial charge in [-0.1, -0.05) is 5.16 Å². The van der Waals surface area contributed by atoms with Crippen molar-refractivity contribution in [2.45, 2.75) is 32.7 Å². The highest BCUT2D eigenvalue weighted by atomic mass is 16.5. The van der Waals surface area contributed by atoms with Gasteiger partial charge in [-0.05, 0) is 51.0 Å². The first kappa shape index (κ1) is 17.3. The lowest BCUT2D eigenvalue weighted by Crippen LogP contribution is -2.31. The number of imide groups is 1. The molecule has 4 rings (SSSR count). The Balaban J connectivity index is 1.56. The first-order valence-corrected chi connectivity index (χ1v) is 8.91. The first-order chi connectivity index (χ1) is 13.0. The maximum atomic E-state index is 13.1. The largest absolute Gasteiger partial charge is 0.361 e. The fourth-order valence-corrected chi connectivity index (χ4v) is 3.88. The van der Waals surface area contributed by atoms with E-state index >= 15 is 0 Å². The molecule has 2 aromatic rings. The van der Waals surface area contributed by atoms with Crippen molar-refractivity contribution in [2.24, 2.45) is 0 Å². The Morgan fingerprint density at radius 3 is 2.56 bits per heavy atom. The van der Waals surface area contributed by atoms with Crippen molar-refractivity contribution < 1.29 is 18.9 Å². The molecule has 27 heavy (non-hydrogen) atoms. The normalized spacial score (nSPS) is 19.7. The Bertz CT molecular complexity index is 899. The number of nitrogens with zero attached hydrogens (tertiary/aromatic N) is 3. The molecule has 4 amide bonds. The van der Waals surface area contributed by atoms with Gasteiger partial charge in [-0.25, -0.2) is 4.79 Å². The minimum Gasteiger partial charge on any atom is -0.361 e. The molecule has 0 saturated carbocycles.